The van der Waals surface area contributed by atoms with Gasteiger partial charge in [-0.15, -0.1) is 0 Å². The highest BCUT2D eigenvalue weighted by Gasteiger charge is 2.42. The van der Waals surface area contributed by atoms with Crippen LogP contribution < -0.4 is 9.47 Å². The van der Waals surface area contributed by atoms with Gasteiger partial charge in [-0.3, -0.25) is 9.59 Å². The molecule has 142 valence electrons. The average Bonchev–Trinajstić information content (AvgIpc) is 3.03. The number of rotatable bonds is 6. The van der Waals surface area contributed by atoms with Gasteiger partial charge in [0.2, 0.25) is 0 Å². The Morgan fingerprint density at radius 2 is 1.70 bits per heavy atom. The van der Waals surface area contributed by atoms with E-state index in [4.69, 9.17) is 14.2 Å². The Kier molecular flexibility index (Phi) is 5.21. The second-order valence-electron chi connectivity index (χ2n) is 6.33. The number of hydrogen-bond acceptors (Lipinski definition) is 7. The van der Waals surface area contributed by atoms with Crippen LogP contribution in [0.15, 0.2) is 36.4 Å². The molecule has 0 radical (unpaired) electrons. The van der Waals surface area contributed by atoms with Gasteiger partial charge >= 0.3 is 5.97 Å². The predicted octanol–water partition coefficient (Wildman–Crippen LogP) is 2.33. The highest BCUT2D eigenvalue weighted by atomic mass is 16.5. The number of carbonyl (C=O) groups excluding carboxylic acids is 2. The molecule has 27 heavy (non-hydrogen) atoms. The first-order chi connectivity index (χ1) is 12.9. The van der Waals surface area contributed by atoms with Crippen molar-refractivity contribution in [3.8, 4) is 23.0 Å². The van der Waals surface area contributed by atoms with E-state index in [0.717, 1.165) is 5.56 Å². The third-order valence-corrected chi connectivity index (χ3v) is 4.65. The van der Waals surface area contributed by atoms with Crippen molar-refractivity contribution in [2.24, 2.45) is 11.8 Å². The molecule has 0 saturated carbocycles. The van der Waals surface area contributed by atoms with Crippen molar-refractivity contribution >= 4 is 11.8 Å². The van der Waals surface area contributed by atoms with Gasteiger partial charge in [0.15, 0.2) is 28.8 Å². The molecule has 0 aromatic heterocycles. The van der Waals surface area contributed by atoms with Crippen molar-refractivity contribution in [1.82, 2.24) is 0 Å². The largest absolute Gasteiger partial charge is 0.504 e. The SMILES string of the molecule is COc1cc(CC2COC(=O)C2C(=O)c2ccc(O)c(OC)c2)ccc1O. The summed E-state index contributed by atoms with van der Waals surface area (Å²) in [5, 5.41) is 19.4. The highest BCUT2D eigenvalue weighted by Crippen LogP contribution is 2.34. The normalized spacial score (nSPS) is 18.8. The number of ketones is 1. The van der Waals surface area contributed by atoms with Crippen LogP contribution in [0.5, 0.6) is 23.0 Å². The fraction of sp³-hybridized carbons (Fsp3) is 0.300. The van der Waals surface area contributed by atoms with Gasteiger partial charge < -0.3 is 24.4 Å². The summed E-state index contributed by atoms with van der Waals surface area (Å²) in [5.74, 6) is -1.83. The van der Waals surface area contributed by atoms with Gasteiger partial charge in [-0.2, -0.15) is 0 Å². The van der Waals surface area contributed by atoms with Gasteiger partial charge in [0.25, 0.3) is 0 Å². The van der Waals surface area contributed by atoms with Gasteiger partial charge in [0.1, 0.15) is 5.92 Å². The van der Waals surface area contributed by atoms with Crippen LogP contribution in [0.1, 0.15) is 15.9 Å². The van der Waals surface area contributed by atoms with E-state index in [-0.39, 0.29) is 41.1 Å². The van der Waals surface area contributed by atoms with Gasteiger partial charge in [-0.1, -0.05) is 6.07 Å². The molecule has 1 fully saturated rings. The van der Waals surface area contributed by atoms with E-state index in [0.29, 0.717) is 12.2 Å². The molecule has 0 bridgehead atoms. The number of phenolic OH excluding ortho intramolecular Hbond substituents is 2. The Morgan fingerprint density at radius 1 is 1.07 bits per heavy atom. The smallest absolute Gasteiger partial charge is 0.317 e. The van der Waals surface area contributed by atoms with Crippen LogP contribution in [0.2, 0.25) is 0 Å². The van der Waals surface area contributed by atoms with E-state index >= 15 is 0 Å². The summed E-state index contributed by atoms with van der Waals surface area (Å²) in [6, 6.07) is 9.10. The van der Waals surface area contributed by atoms with E-state index in [1.165, 1.54) is 38.5 Å². The number of carbonyl (C=O) groups is 2. The molecule has 2 N–H and O–H groups in total. The summed E-state index contributed by atoms with van der Waals surface area (Å²) < 4.78 is 15.3. The lowest BCUT2D eigenvalue weighted by atomic mass is 9.84. The van der Waals surface area contributed by atoms with Gasteiger partial charge in [0, 0.05) is 11.5 Å². The van der Waals surface area contributed by atoms with Gasteiger partial charge in [-0.25, -0.2) is 0 Å². The zero-order valence-corrected chi connectivity index (χ0v) is 15.0. The van der Waals surface area contributed by atoms with E-state index < -0.39 is 11.9 Å². The van der Waals surface area contributed by atoms with Gasteiger partial charge in [-0.05, 0) is 42.3 Å². The minimum Gasteiger partial charge on any atom is -0.504 e. The van der Waals surface area contributed by atoms with Crippen molar-refractivity contribution in [3.63, 3.8) is 0 Å². The molecule has 2 aromatic carbocycles. The second-order valence-corrected chi connectivity index (χ2v) is 6.33. The van der Waals surface area contributed by atoms with Crippen molar-refractivity contribution in [2.75, 3.05) is 20.8 Å². The number of hydrogen-bond donors (Lipinski definition) is 2. The van der Waals surface area contributed by atoms with E-state index in [1.54, 1.807) is 12.1 Å². The molecular formula is C20H20O7. The number of methoxy groups -OCH3 is 2. The molecular weight excluding hydrogens is 352 g/mol. The van der Waals surface area contributed by atoms with Crippen LogP contribution >= 0.6 is 0 Å². The standard InChI is InChI=1S/C20H20O7/c1-25-16-8-11(3-5-14(16)21)7-13-10-27-20(24)18(13)19(23)12-4-6-15(22)17(9-12)26-2/h3-6,8-9,13,18,21-22H,7,10H2,1-2H3. The molecule has 1 heterocycles. The number of Topliss-reactive ketones (excluding diaryl/α,β-unsaturated/α-hetero) is 1. The van der Waals surface area contributed by atoms with Crippen molar-refractivity contribution < 1.29 is 34.0 Å². The Morgan fingerprint density at radius 3 is 2.37 bits per heavy atom. The minimum absolute atomic E-state index is 0.0174. The number of esters is 1. The summed E-state index contributed by atoms with van der Waals surface area (Å²) in [4.78, 5) is 25.1. The van der Waals surface area contributed by atoms with E-state index in [9.17, 15) is 19.8 Å². The molecule has 3 rings (SSSR count). The molecule has 0 aliphatic carbocycles. The molecule has 7 heteroatoms. The molecule has 2 atom stereocenters. The second kappa shape index (κ2) is 7.57. The van der Waals surface area contributed by atoms with Crippen LogP contribution in [-0.2, 0) is 16.0 Å². The lowest BCUT2D eigenvalue weighted by molar-refractivity contribution is -0.140. The molecule has 0 amide bonds. The molecule has 2 unspecified atom stereocenters. The van der Waals surface area contributed by atoms with Crippen molar-refractivity contribution in [1.29, 1.82) is 0 Å². The third-order valence-electron chi connectivity index (χ3n) is 4.65. The summed E-state index contributed by atoms with van der Waals surface area (Å²) in [6.45, 7) is 0.133. The number of benzene rings is 2. The Balaban J connectivity index is 1.85. The van der Waals surface area contributed by atoms with E-state index in [2.05, 4.69) is 0 Å². The van der Waals surface area contributed by atoms with Crippen LogP contribution in [0.3, 0.4) is 0 Å². The lowest BCUT2D eigenvalue weighted by Crippen LogP contribution is -2.27. The zero-order chi connectivity index (χ0) is 19.6. The number of cyclic esters (lactones) is 1. The summed E-state index contributed by atoms with van der Waals surface area (Å²) in [5.41, 5.74) is 1.08. The topological polar surface area (TPSA) is 102 Å². The fourth-order valence-corrected chi connectivity index (χ4v) is 3.23. The highest BCUT2D eigenvalue weighted by molar-refractivity contribution is 6.09. The Labute approximate surface area is 156 Å². The van der Waals surface area contributed by atoms with Crippen molar-refractivity contribution in [2.45, 2.75) is 6.42 Å². The Bertz CT molecular complexity index is 875. The first kappa shape index (κ1) is 18.6. The minimum atomic E-state index is -0.945. The quantitative estimate of drug-likeness (QED) is 0.456. The number of aromatic hydroxyl groups is 2. The summed E-state index contributed by atoms with van der Waals surface area (Å²) in [6.07, 6.45) is 0.411. The summed E-state index contributed by atoms with van der Waals surface area (Å²) >= 11 is 0. The van der Waals surface area contributed by atoms with Crippen LogP contribution in [0.25, 0.3) is 0 Å². The molecule has 1 saturated heterocycles. The maximum Gasteiger partial charge on any atom is 0.317 e. The molecule has 1 aliphatic heterocycles. The fourth-order valence-electron chi connectivity index (χ4n) is 3.23. The van der Waals surface area contributed by atoms with Crippen molar-refractivity contribution in [3.05, 3.63) is 47.5 Å². The molecule has 7 nitrogen and oxygen atoms in total. The van der Waals surface area contributed by atoms with E-state index in [1.807, 2.05) is 0 Å². The lowest BCUT2D eigenvalue weighted by Gasteiger charge is -2.16. The van der Waals surface area contributed by atoms with Gasteiger partial charge in [0.05, 0.1) is 20.8 Å². The monoisotopic (exact) mass is 372 g/mol. The maximum absolute atomic E-state index is 12.9. The van der Waals surface area contributed by atoms with Crippen LogP contribution in [-0.4, -0.2) is 42.8 Å². The van der Waals surface area contributed by atoms with Crippen LogP contribution in [0, 0.1) is 11.8 Å². The first-order valence-corrected chi connectivity index (χ1v) is 8.38. The van der Waals surface area contributed by atoms with Crippen LogP contribution in [0.4, 0.5) is 0 Å². The molecule has 0 spiro atoms. The first-order valence-electron chi connectivity index (χ1n) is 8.38. The average molecular weight is 372 g/mol. The summed E-state index contributed by atoms with van der Waals surface area (Å²) in [7, 11) is 2.83. The Hall–Kier alpha value is -3.22. The predicted molar refractivity (Wildman–Crippen MR) is 95.3 cm³/mol. The zero-order valence-electron chi connectivity index (χ0n) is 15.0. The maximum atomic E-state index is 12.9. The molecule has 1 aliphatic rings. The number of phenols is 2. The third kappa shape index (κ3) is 3.67. The molecule has 2 aromatic rings. The number of ether oxygens (including phenoxy) is 3.